The van der Waals surface area contributed by atoms with Gasteiger partial charge in [-0.25, -0.2) is 0 Å². The molecule has 1 aromatic heterocycles. The van der Waals surface area contributed by atoms with Gasteiger partial charge in [0.05, 0.1) is 0 Å². The van der Waals surface area contributed by atoms with Gasteiger partial charge >= 0.3 is 0 Å². The lowest BCUT2D eigenvalue weighted by atomic mass is 10.2. The van der Waals surface area contributed by atoms with Crippen molar-refractivity contribution in [2.45, 2.75) is 6.61 Å². The predicted molar refractivity (Wildman–Crippen MR) is 103 cm³/mol. The van der Waals surface area contributed by atoms with Gasteiger partial charge in [-0.2, -0.15) is 0 Å². The zero-order chi connectivity index (χ0) is 18.2. The Morgan fingerprint density at radius 1 is 1.04 bits per heavy atom. The number of pyridine rings is 1. The second-order valence-electron chi connectivity index (χ2n) is 5.69. The van der Waals surface area contributed by atoms with Crippen LogP contribution in [0, 0.1) is 0 Å². The zero-order valence-corrected chi connectivity index (χ0v) is 14.4. The van der Waals surface area contributed by atoms with Crippen LogP contribution in [0.25, 0.3) is 0 Å². The Labute approximate surface area is 153 Å². The third-order valence-corrected chi connectivity index (χ3v) is 3.82. The lowest BCUT2D eigenvalue weighted by Crippen LogP contribution is -2.31. The van der Waals surface area contributed by atoms with E-state index in [-0.39, 0.29) is 5.91 Å². The highest BCUT2D eigenvalue weighted by Gasteiger charge is 2.18. The van der Waals surface area contributed by atoms with E-state index in [1.807, 2.05) is 60.7 Å². The maximum Gasteiger partial charge on any atom is 0.277 e. The number of ether oxygens (including phenoxy) is 1. The van der Waals surface area contributed by atoms with Crippen LogP contribution in [0.4, 0.5) is 5.69 Å². The van der Waals surface area contributed by atoms with Gasteiger partial charge in [0, 0.05) is 24.5 Å². The van der Waals surface area contributed by atoms with Crippen LogP contribution < -0.4 is 9.64 Å². The van der Waals surface area contributed by atoms with Crippen molar-refractivity contribution in [3.05, 3.63) is 103 Å². The van der Waals surface area contributed by atoms with E-state index in [0.29, 0.717) is 24.6 Å². The molecule has 0 N–H and O–H groups in total. The lowest BCUT2D eigenvalue weighted by molar-refractivity contribution is 0.0984. The fraction of sp³-hybridized carbons (Fsp3) is 0.0909. The van der Waals surface area contributed by atoms with Crippen molar-refractivity contribution in [3.8, 4) is 5.75 Å². The molecule has 1 heterocycles. The highest BCUT2D eigenvalue weighted by Crippen LogP contribution is 2.19. The summed E-state index contributed by atoms with van der Waals surface area (Å²) in [5.74, 6) is 0.417. The molecule has 0 saturated heterocycles. The molecule has 0 atom stereocenters. The summed E-state index contributed by atoms with van der Waals surface area (Å²) in [5, 5.41) is 0. The normalized spacial score (nSPS) is 10.2. The van der Waals surface area contributed by atoms with Crippen LogP contribution >= 0.6 is 0 Å². The molecular formula is C22H20N2O2. The Morgan fingerprint density at radius 3 is 2.42 bits per heavy atom. The van der Waals surface area contributed by atoms with E-state index in [1.165, 1.54) is 0 Å². The van der Waals surface area contributed by atoms with Gasteiger partial charge in [-0.15, -0.1) is 6.58 Å². The van der Waals surface area contributed by atoms with E-state index in [0.717, 1.165) is 11.3 Å². The monoisotopic (exact) mass is 344 g/mol. The smallest absolute Gasteiger partial charge is 0.277 e. The molecule has 0 unspecified atom stereocenters. The van der Waals surface area contributed by atoms with Gasteiger partial charge in [-0.05, 0) is 23.8 Å². The first-order valence-electron chi connectivity index (χ1n) is 8.38. The molecule has 26 heavy (non-hydrogen) atoms. The van der Waals surface area contributed by atoms with Crippen LogP contribution in [-0.2, 0) is 6.61 Å². The summed E-state index contributed by atoms with van der Waals surface area (Å²) < 4.78 is 5.80. The molecule has 0 bridgehead atoms. The summed E-state index contributed by atoms with van der Waals surface area (Å²) in [7, 11) is 0. The first-order chi connectivity index (χ1) is 12.8. The van der Waals surface area contributed by atoms with Gasteiger partial charge in [0.1, 0.15) is 18.1 Å². The zero-order valence-electron chi connectivity index (χ0n) is 14.4. The number of hydrogen-bond donors (Lipinski definition) is 0. The van der Waals surface area contributed by atoms with Crippen molar-refractivity contribution in [1.29, 1.82) is 0 Å². The molecule has 0 aliphatic rings. The molecule has 0 saturated carbocycles. The van der Waals surface area contributed by atoms with Crippen molar-refractivity contribution in [3.63, 3.8) is 0 Å². The van der Waals surface area contributed by atoms with E-state index in [1.54, 1.807) is 29.3 Å². The first-order valence-corrected chi connectivity index (χ1v) is 8.38. The minimum Gasteiger partial charge on any atom is -0.489 e. The second-order valence-corrected chi connectivity index (χ2v) is 5.69. The van der Waals surface area contributed by atoms with Gasteiger partial charge in [0.2, 0.25) is 0 Å². The van der Waals surface area contributed by atoms with Crippen molar-refractivity contribution >= 4 is 11.6 Å². The number of benzene rings is 2. The average molecular weight is 344 g/mol. The predicted octanol–water partition coefficient (Wildman–Crippen LogP) is 4.49. The van der Waals surface area contributed by atoms with E-state index >= 15 is 0 Å². The van der Waals surface area contributed by atoms with Crippen LogP contribution in [0.15, 0.2) is 91.6 Å². The van der Waals surface area contributed by atoms with Gasteiger partial charge in [0.25, 0.3) is 5.91 Å². The van der Waals surface area contributed by atoms with Crippen molar-refractivity contribution in [1.82, 2.24) is 4.98 Å². The standard InChI is InChI=1S/C22H20N2O2/c1-2-15-24(19-11-7-4-8-12-19)22(25)21-16-20(13-14-23-21)26-17-18-9-5-3-6-10-18/h2-14,16H,1,15,17H2. The molecule has 3 aromatic rings. The Hall–Kier alpha value is -3.40. The lowest BCUT2D eigenvalue weighted by Gasteiger charge is -2.21. The quantitative estimate of drug-likeness (QED) is 0.593. The number of carbonyl (C=O) groups is 1. The van der Waals surface area contributed by atoms with Gasteiger partial charge < -0.3 is 9.64 Å². The number of nitrogens with zero attached hydrogens (tertiary/aromatic N) is 2. The molecule has 0 fully saturated rings. The Kier molecular flexibility index (Phi) is 5.78. The first kappa shape index (κ1) is 17.4. The minimum atomic E-state index is -0.193. The van der Waals surface area contributed by atoms with Crippen LogP contribution in [-0.4, -0.2) is 17.4 Å². The topological polar surface area (TPSA) is 42.4 Å². The summed E-state index contributed by atoms with van der Waals surface area (Å²) in [6.45, 7) is 4.58. The molecule has 4 nitrogen and oxygen atoms in total. The Balaban J connectivity index is 1.77. The van der Waals surface area contributed by atoms with Crippen molar-refractivity contribution in [2.24, 2.45) is 0 Å². The van der Waals surface area contributed by atoms with Gasteiger partial charge in [-0.3, -0.25) is 9.78 Å². The molecule has 0 aliphatic carbocycles. The molecule has 2 aromatic carbocycles. The van der Waals surface area contributed by atoms with Crippen LogP contribution in [0.5, 0.6) is 5.75 Å². The third kappa shape index (κ3) is 4.36. The molecule has 130 valence electrons. The number of hydrogen-bond acceptors (Lipinski definition) is 3. The highest BCUT2D eigenvalue weighted by molar-refractivity contribution is 6.05. The highest BCUT2D eigenvalue weighted by atomic mass is 16.5. The van der Waals surface area contributed by atoms with E-state index in [2.05, 4.69) is 11.6 Å². The minimum absolute atomic E-state index is 0.193. The van der Waals surface area contributed by atoms with E-state index in [4.69, 9.17) is 4.74 Å². The van der Waals surface area contributed by atoms with E-state index in [9.17, 15) is 4.79 Å². The number of rotatable bonds is 7. The largest absolute Gasteiger partial charge is 0.489 e. The summed E-state index contributed by atoms with van der Waals surface area (Å²) in [4.78, 5) is 18.8. The average Bonchev–Trinajstić information content (AvgIpc) is 2.71. The molecule has 0 aliphatic heterocycles. The van der Waals surface area contributed by atoms with E-state index < -0.39 is 0 Å². The van der Waals surface area contributed by atoms with Crippen LogP contribution in [0.2, 0.25) is 0 Å². The second kappa shape index (κ2) is 8.62. The summed E-state index contributed by atoms with van der Waals surface area (Å²) in [5.41, 5.74) is 2.20. The third-order valence-electron chi connectivity index (χ3n) is 3.82. The van der Waals surface area contributed by atoms with Crippen molar-refractivity contribution in [2.75, 3.05) is 11.4 Å². The fourth-order valence-corrected chi connectivity index (χ4v) is 2.54. The molecule has 4 heteroatoms. The van der Waals surface area contributed by atoms with Crippen LogP contribution in [0.1, 0.15) is 16.1 Å². The molecule has 0 spiro atoms. The number of anilines is 1. The molecule has 0 radical (unpaired) electrons. The summed E-state index contributed by atoms with van der Waals surface area (Å²) >= 11 is 0. The summed E-state index contributed by atoms with van der Waals surface area (Å²) in [6, 6.07) is 22.8. The maximum absolute atomic E-state index is 12.9. The number of aromatic nitrogens is 1. The fourth-order valence-electron chi connectivity index (χ4n) is 2.54. The molecule has 3 rings (SSSR count). The maximum atomic E-state index is 12.9. The summed E-state index contributed by atoms with van der Waals surface area (Å²) in [6.07, 6.45) is 3.28. The van der Waals surface area contributed by atoms with Crippen LogP contribution in [0.3, 0.4) is 0 Å². The number of para-hydroxylation sites is 1. The van der Waals surface area contributed by atoms with Crippen molar-refractivity contribution < 1.29 is 9.53 Å². The van der Waals surface area contributed by atoms with Gasteiger partial charge in [-0.1, -0.05) is 54.6 Å². The molecule has 1 amide bonds. The number of amides is 1. The molecular weight excluding hydrogens is 324 g/mol. The SMILES string of the molecule is C=CCN(C(=O)c1cc(OCc2ccccc2)ccn1)c1ccccc1. The van der Waals surface area contributed by atoms with Gasteiger partial charge in [0.15, 0.2) is 0 Å². The number of carbonyl (C=O) groups excluding carboxylic acids is 1. The Bertz CT molecular complexity index is 864. The Morgan fingerprint density at radius 2 is 1.73 bits per heavy atom.